The van der Waals surface area contributed by atoms with Crippen molar-refractivity contribution in [3.8, 4) is 0 Å². The number of rotatable bonds is 11. The molecule has 0 fully saturated rings. The van der Waals surface area contributed by atoms with Gasteiger partial charge in [-0.05, 0) is 25.7 Å². The molecule has 0 aliphatic rings. The van der Waals surface area contributed by atoms with E-state index in [-0.39, 0.29) is 24.8 Å². The van der Waals surface area contributed by atoms with Crippen molar-refractivity contribution >= 4 is 23.7 Å². The largest absolute Gasteiger partial charge is 0.480 e. The van der Waals surface area contributed by atoms with Crippen LogP contribution in [0.3, 0.4) is 0 Å². The van der Waals surface area contributed by atoms with Gasteiger partial charge < -0.3 is 32.9 Å². The van der Waals surface area contributed by atoms with Gasteiger partial charge in [0.1, 0.15) is 12.1 Å². The van der Waals surface area contributed by atoms with E-state index in [9.17, 15) is 19.5 Å². The average molecular weight is 358 g/mol. The molecule has 0 saturated heterocycles. The molecule has 10 nitrogen and oxygen atoms in total. The molecule has 0 spiro atoms. The summed E-state index contributed by atoms with van der Waals surface area (Å²) in [6.07, 6.45) is 1.25. The molecule has 4 unspecified atom stereocenters. The zero-order valence-corrected chi connectivity index (χ0v) is 15.0. The second-order valence-electron chi connectivity index (χ2n) is 6.01. The Kier molecular flexibility index (Phi) is 10.2. The molecule has 0 aliphatic carbocycles. The van der Waals surface area contributed by atoms with E-state index in [2.05, 4.69) is 15.6 Å². The van der Waals surface area contributed by atoms with Crippen molar-refractivity contribution in [2.75, 3.05) is 6.54 Å². The minimum atomic E-state index is -1.12. The first kappa shape index (κ1) is 22.6. The fraction of sp³-hybridized carbons (Fsp3) is 0.733. The zero-order chi connectivity index (χ0) is 19.6. The summed E-state index contributed by atoms with van der Waals surface area (Å²) in [6.45, 7) is 5.33. The topological polar surface area (TPSA) is 186 Å². The fourth-order valence-electron chi connectivity index (χ4n) is 2.01. The van der Waals surface area contributed by atoms with Gasteiger partial charge in [-0.25, -0.2) is 4.79 Å². The standard InChI is InChI=1S/C15H30N6O4/c1-4-8(2)11(14(24)25)21-13(23)10(20-12(22)9(3)16)6-5-7-19-15(17)18/h8-11H,4-7,16H2,1-3H3,(H,20,22)(H,21,23)(H,24,25)(H4,17,18,19). The third-order valence-corrected chi connectivity index (χ3v) is 3.77. The molecular weight excluding hydrogens is 328 g/mol. The summed E-state index contributed by atoms with van der Waals surface area (Å²) < 4.78 is 0. The monoisotopic (exact) mass is 358 g/mol. The number of carboxylic acids is 1. The van der Waals surface area contributed by atoms with Crippen molar-refractivity contribution in [2.24, 2.45) is 28.1 Å². The van der Waals surface area contributed by atoms with E-state index in [0.717, 1.165) is 0 Å². The van der Waals surface area contributed by atoms with Gasteiger partial charge in [-0.2, -0.15) is 0 Å². The Morgan fingerprint density at radius 3 is 2.16 bits per heavy atom. The van der Waals surface area contributed by atoms with Gasteiger partial charge in [-0.15, -0.1) is 0 Å². The number of aliphatic imine (C=N–C) groups is 1. The van der Waals surface area contributed by atoms with Gasteiger partial charge in [-0.3, -0.25) is 14.6 Å². The molecule has 144 valence electrons. The highest BCUT2D eigenvalue weighted by Crippen LogP contribution is 2.09. The number of carbonyl (C=O) groups excluding carboxylic acids is 2. The number of hydrogen-bond acceptors (Lipinski definition) is 5. The van der Waals surface area contributed by atoms with Crippen molar-refractivity contribution < 1.29 is 19.5 Å². The molecule has 0 aromatic heterocycles. The Balaban J connectivity index is 5.02. The number of aliphatic carboxylic acids is 1. The summed E-state index contributed by atoms with van der Waals surface area (Å²) in [5.74, 6) is -2.53. The Morgan fingerprint density at radius 1 is 1.12 bits per heavy atom. The minimum Gasteiger partial charge on any atom is -0.480 e. The molecule has 0 rings (SSSR count). The van der Waals surface area contributed by atoms with Gasteiger partial charge in [0.25, 0.3) is 0 Å². The van der Waals surface area contributed by atoms with Crippen LogP contribution in [0.1, 0.15) is 40.0 Å². The van der Waals surface area contributed by atoms with Gasteiger partial charge in [-0.1, -0.05) is 20.3 Å². The minimum absolute atomic E-state index is 0.0664. The van der Waals surface area contributed by atoms with Gasteiger partial charge in [0.2, 0.25) is 11.8 Å². The van der Waals surface area contributed by atoms with E-state index < -0.39 is 35.9 Å². The number of carboxylic acid groups (broad SMARTS) is 1. The molecule has 10 heteroatoms. The van der Waals surface area contributed by atoms with Gasteiger partial charge >= 0.3 is 5.97 Å². The van der Waals surface area contributed by atoms with E-state index in [1.807, 2.05) is 6.92 Å². The van der Waals surface area contributed by atoms with E-state index in [1.54, 1.807) is 6.92 Å². The third-order valence-electron chi connectivity index (χ3n) is 3.77. The summed E-state index contributed by atoms with van der Waals surface area (Å²) >= 11 is 0. The maximum atomic E-state index is 12.4. The Labute approximate surface area is 147 Å². The quantitative estimate of drug-likeness (QED) is 0.147. The molecule has 0 aliphatic heterocycles. The van der Waals surface area contributed by atoms with Gasteiger partial charge in [0, 0.05) is 6.54 Å². The number of amides is 2. The number of nitrogens with one attached hydrogen (secondary N) is 2. The highest BCUT2D eigenvalue weighted by Gasteiger charge is 2.29. The van der Waals surface area contributed by atoms with Crippen molar-refractivity contribution in [2.45, 2.75) is 58.2 Å². The van der Waals surface area contributed by atoms with Gasteiger partial charge in [0.15, 0.2) is 5.96 Å². The van der Waals surface area contributed by atoms with Crippen LogP contribution in [0.5, 0.6) is 0 Å². The zero-order valence-electron chi connectivity index (χ0n) is 15.0. The summed E-state index contributed by atoms with van der Waals surface area (Å²) in [5, 5.41) is 14.3. The lowest BCUT2D eigenvalue weighted by molar-refractivity contribution is -0.143. The molecule has 0 aromatic rings. The summed E-state index contributed by atoms with van der Waals surface area (Å²) in [7, 11) is 0. The smallest absolute Gasteiger partial charge is 0.326 e. The molecule has 4 atom stereocenters. The van der Waals surface area contributed by atoms with Crippen LogP contribution < -0.4 is 27.8 Å². The highest BCUT2D eigenvalue weighted by atomic mass is 16.4. The molecular formula is C15H30N6O4. The van der Waals surface area contributed by atoms with Crippen molar-refractivity contribution in [1.82, 2.24) is 10.6 Å². The van der Waals surface area contributed by atoms with Crippen molar-refractivity contribution in [3.63, 3.8) is 0 Å². The average Bonchev–Trinajstić information content (AvgIpc) is 2.53. The third kappa shape index (κ3) is 8.89. The summed E-state index contributed by atoms with van der Waals surface area (Å²) in [6, 6.07) is -2.75. The first-order chi connectivity index (χ1) is 11.6. The number of guanidine groups is 1. The fourth-order valence-corrected chi connectivity index (χ4v) is 2.01. The van der Waals surface area contributed by atoms with Crippen molar-refractivity contribution in [1.29, 1.82) is 0 Å². The lowest BCUT2D eigenvalue weighted by Crippen LogP contribution is -2.55. The Morgan fingerprint density at radius 2 is 1.72 bits per heavy atom. The lowest BCUT2D eigenvalue weighted by Gasteiger charge is -2.24. The predicted molar refractivity (Wildman–Crippen MR) is 94.5 cm³/mol. The second-order valence-corrected chi connectivity index (χ2v) is 6.01. The van der Waals surface area contributed by atoms with Crippen LogP contribution in [0.2, 0.25) is 0 Å². The van der Waals surface area contributed by atoms with Gasteiger partial charge in [0.05, 0.1) is 6.04 Å². The molecule has 0 bridgehead atoms. The van der Waals surface area contributed by atoms with Crippen LogP contribution in [-0.2, 0) is 14.4 Å². The van der Waals surface area contributed by atoms with E-state index in [0.29, 0.717) is 12.8 Å². The SMILES string of the molecule is CCC(C)C(NC(=O)C(CCCN=C(N)N)NC(=O)C(C)N)C(=O)O. The molecule has 0 saturated carbocycles. The lowest BCUT2D eigenvalue weighted by atomic mass is 9.98. The number of hydrogen-bond donors (Lipinski definition) is 6. The van der Waals surface area contributed by atoms with E-state index in [1.165, 1.54) is 6.92 Å². The van der Waals surface area contributed by atoms with Crippen LogP contribution in [0, 0.1) is 5.92 Å². The summed E-state index contributed by atoms with van der Waals surface area (Å²) in [5.41, 5.74) is 16.0. The number of nitrogens with zero attached hydrogens (tertiary/aromatic N) is 1. The molecule has 2 amide bonds. The molecule has 25 heavy (non-hydrogen) atoms. The molecule has 0 heterocycles. The first-order valence-electron chi connectivity index (χ1n) is 8.24. The van der Waals surface area contributed by atoms with Crippen LogP contribution in [0.15, 0.2) is 4.99 Å². The van der Waals surface area contributed by atoms with Crippen LogP contribution in [0.25, 0.3) is 0 Å². The van der Waals surface area contributed by atoms with Crippen LogP contribution >= 0.6 is 0 Å². The number of carbonyl (C=O) groups is 3. The normalized spacial score (nSPS) is 15.4. The molecule has 0 radical (unpaired) electrons. The Hall–Kier alpha value is -2.36. The van der Waals surface area contributed by atoms with Crippen molar-refractivity contribution in [3.05, 3.63) is 0 Å². The van der Waals surface area contributed by atoms with E-state index in [4.69, 9.17) is 17.2 Å². The van der Waals surface area contributed by atoms with E-state index >= 15 is 0 Å². The highest BCUT2D eigenvalue weighted by molar-refractivity contribution is 5.91. The second kappa shape index (κ2) is 11.2. The maximum Gasteiger partial charge on any atom is 0.326 e. The summed E-state index contributed by atoms with van der Waals surface area (Å²) in [4.78, 5) is 39.4. The number of nitrogens with two attached hydrogens (primary N) is 3. The van der Waals surface area contributed by atoms with Crippen LogP contribution in [-0.4, -0.2) is 53.5 Å². The molecule has 0 aromatic carbocycles. The first-order valence-corrected chi connectivity index (χ1v) is 8.24. The maximum absolute atomic E-state index is 12.4. The predicted octanol–water partition coefficient (Wildman–Crippen LogP) is -1.51. The Bertz CT molecular complexity index is 490. The molecule has 9 N–H and O–H groups in total. The van der Waals surface area contributed by atoms with Crippen LogP contribution in [0.4, 0.5) is 0 Å².